The molecule has 0 aromatic heterocycles. The molecular formula is C12H17+. The van der Waals surface area contributed by atoms with Gasteiger partial charge in [-0.1, -0.05) is 0 Å². The summed E-state index contributed by atoms with van der Waals surface area (Å²) < 4.78 is 0. The van der Waals surface area contributed by atoms with E-state index in [1.54, 1.807) is 5.57 Å². The Morgan fingerprint density at radius 1 is 1.08 bits per heavy atom. The van der Waals surface area contributed by atoms with Crippen molar-refractivity contribution in [3.63, 3.8) is 0 Å². The molecule has 3 saturated carbocycles. The molecule has 0 heteroatoms. The van der Waals surface area contributed by atoms with Crippen molar-refractivity contribution in [1.29, 1.82) is 0 Å². The summed E-state index contributed by atoms with van der Waals surface area (Å²) in [6.07, 6.45) is 12.7. The van der Waals surface area contributed by atoms with Crippen molar-refractivity contribution < 1.29 is 0 Å². The molecule has 0 aliphatic heterocycles. The van der Waals surface area contributed by atoms with Crippen LogP contribution in [0.1, 0.15) is 44.9 Å². The van der Waals surface area contributed by atoms with Gasteiger partial charge in [0, 0.05) is 31.1 Å². The van der Waals surface area contributed by atoms with Gasteiger partial charge in [0.05, 0.1) is 5.57 Å². The van der Waals surface area contributed by atoms with Gasteiger partial charge in [0.25, 0.3) is 0 Å². The van der Waals surface area contributed by atoms with Crippen molar-refractivity contribution in [2.75, 3.05) is 0 Å². The first-order chi connectivity index (χ1) is 5.95. The Hall–Kier alpha value is -0.390. The lowest BCUT2D eigenvalue weighted by Gasteiger charge is -1.98. The maximum absolute atomic E-state index is 2.52. The summed E-state index contributed by atoms with van der Waals surface area (Å²) in [5, 5.41) is 0. The molecule has 0 nitrogen and oxygen atoms in total. The minimum atomic E-state index is 1.04. The maximum atomic E-state index is 2.52. The fourth-order valence-electron chi connectivity index (χ4n) is 2.58. The lowest BCUT2D eigenvalue weighted by Crippen LogP contribution is -1.94. The highest BCUT2D eigenvalue weighted by atomic mass is 14.4. The fraction of sp³-hybridized carbons (Fsp3) is 0.750. The highest BCUT2D eigenvalue weighted by molar-refractivity contribution is 5.33. The quantitative estimate of drug-likeness (QED) is 0.544. The molecule has 64 valence electrons. The Kier molecular flexibility index (Phi) is 1.50. The molecule has 0 N–H and O–H groups in total. The molecule has 3 fully saturated rings. The predicted molar refractivity (Wildman–Crippen MR) is 50.6 cm³/mol. The summed E-state index contributed by atoms with van der Waals surface area (Å²) in [6, 6.07) is 0. The molecule has 0 bridgehead atoms. The molecule has 0 aromatic rings. The zero-order valence-corrected chi connectivity index (χ0v) is 7.68. The Morgan fingerprint density at radius 3 is 2.17 bits per heavy atom. The number of allylic oxidation sites excluding steroid dienone is 2. The second-order valence-electron chi connectivity index (χ2n) is 4.63. The number of rotatable bonds is 2. The van der Waals surface area contributed by atoms with E-state index in [1.807, 2.05) is 5.57 Å². The Balaban J connectivity index is 1.86. The average molecular weight is 161 g/mol. The van der Waals surface area contributed by atoms with E-state index >= 15 is 0 Å². The van der Waals surface area contributed by atoms with E-state index in [4.69, 9.17) is 0 Å². The summed E-state index contributed by atoms with van der Waals surface area (Å²) in [4.78, 5) is 0. The zero-order valence-electron chi connectivity index (χ0n) is 7.68. The SMILES string of the molecule is [CH+]1CCCC1=C(C1CC1)C1CC1. The van der Waals surface area contributed by atoms with Crippen LogP contribution < -0.4 is 0 Å². The van der Waals surface area contributed by atoms with E-state index in [9.17, 15) is 0 Å². The van der Waals surface area contributed by atoms with Gasteiger partial charge in [-0.05, 0) is 32.1 Å². The molecule has 0 aromatic carbocycles. The summed E-state index contributed by atoms with van der Waals surface area (Å²) in [7, 11) is 0. The van der Waals surface area contributed by atoms with Crippen molar-refractivity contribution in [2.24, 2.45) is 11.8 Å². The Morgan fingerprint density at radius 2 is 1.75 bits per heavy atom. The van der Waals surface area contributed by atoms with Crippen LogP contribution in [0.4, 0.5) is 0 Å². The molecule has 0 radical (unpaired) electrons. The van der Waals surface area contributed by atoms with Crippen LogP contribution >= 0.6 is 0 Å². The van der Waals surface area contributed by atoms with Gasteiger partial charge in [0.2, 0.25) is 0 Å². The molecular weight excluding hydrogens is 144 g/mol. The number of hydrogen-bond donors (Lipinski definition) is 0. The summed E-state index contributed by atoms with van der Waals surface area (Å²) in [5.74, 6) is 2.09. The highest BCUT2D eigenvalue weighted by Gasteiger charge is 2.45. The largest absolute Gasteiger partial charge is 0.106 e. The van der Waals surface area contributed by atoms with E-state index in [0.717, 1.165) is 11.8 Å². The smallest absolute Gasteiger partial charge is 0.0265 e. The molecule has 0 heterocycles. The van der Waals surface area contributed by atoms with Crippen molar-refractivity contribution in [3.8, 4) is 0 Å². The van der Waals surface area contributed by atoms with Crippen molar-refractivity contribution in [3.05, 3.63) is 17.6 Å². The van der Waals surface area contributed by atoms with Crippen LogP contribution in [0.2, 0.25) is 0 Å². The van der Waals surface area contributed by atoms with Crippen molar-refractivity contribution in [1.82, 2.24) is 0 Å². The van der Waals surface area contributed by atoms with Gasteiger partial charge >= 0.3 is 0 Å². The van der Waals surface area contributed by atoms with E-state index in [2.05, 4.69) is 6.42 Å². The van der Waals surface area contributed by atoms with Crippen LogP contribution in [-0.4, -0.2) is 0 Å². The molecule has 0 atom stereocenters. The van der Waals surface area contributed by atoms with Gasteiger partial charge in [0.15, 0.2) is 0 Å². The van der Waals surface area contributed by atoms with E-state index in [-0.39, 0.29) is 0 Å². The lowest BCUT2D eigenvalue weighted by atomic mass is 9.98. The highest BCUT2D eigenvalue weighted by Crippen LogP contribution is 2.52. The molecule has 0 spiro atoms. The van der Waals surface area contributed by atoms with Crippen LogP contribution in [0.25, 0.3) is 0 Å². The Labute approximate surface area is 75.0 Å². The molecule has 3 aliphatic carbocycles. The van der Waals surface area contributed by atoms with E-state index in [1.165, 1.54) is 44.9 Å². The second kappa shape index (κ2) is 2.55. The third-order valence-electron chi connectivity index (χ3n) is 3.45. The second-order valence-corrected chi connectivity index (χ2v) is 4.63. The summed E-state index contributed by atoms with van der Waals surface area (Å²) in [6.45, 7) is 0. The van der Waals surface area contributed by atoms with E-state index in [0.29, 0.717) is 0 Å². The van der Waals surface area contributed by atoms with Gasteiger partial charge in [0.1, 0.15) is 5.57 Å². The van der Waals surface area contributed by atoms with Crippen LogP contribution in [0, 0.1) is 18.3 Å². The predicted octanol–water partition coefficient (Wildman–Crippen LogP) is 3.49. The van der Waals surface area contributed by atoms with E-state index < -0.39 is 0 Å². The number of hydrogen-bond acceptors (Lipinski definition) is 0. The molecule has 3 aliphatic rings. The third-order valence-corrected chi connectivity index (χ3v) is 3.45. The van der Waals surface area contributed by atoms with Crippen LogP contribution in [0.3, 0.4) is 0 Å². The normalized spacial score (nSPS) is 28.8. The molecule has 12 heavy (non-hydrogen) atoms. The monoisotopic (exact) mass is 161 g/mol. The first-order valence-electron chi connectivity index (χ1n) is 5.51. The van der Waals surface area contributed by atoms with Crippen molar-refractivity contribution in [2.45, 2.75) is 44.9 Å². The Bertz CT molecular complexity index is 194. The molecule has 0 saturated heterocycles. The summed E-state index contributed by atoms with van der Waals surface area (Å²) >= 11 is 0. The van der Waals surface area contributed by atoms with Gasteiger partial charge in [-0.3, -0.25) is 0 Å². The zero-order chi connectivity index (χ0) is 7.97. The first kappa shape index (κ1) is 7.06. The molecule has 0 unspecified atom stereocenters. The van der Waals surface area contributed by atoms with Crippen LogP contribution in [0.5, 0.6) is 0 Å². The lowest BCUT2D eigenvalue weighted by molar-refractivity contribution is 0.822. The standard InChI is InChI=1S/C12H17/c1-2-4-9(3-1)12(10-5-6-10)11-7-8-11/h3,10-11H,1-2,4-8H2/q+1. The minimum absolute atomic E-state index is 1.04. The van der Waals surface area contributed by atoms with Gasteiger partial charge in [-0.2, -0.15) is 0 Å². The molecule has 3 rings (SSSR count). The fourth-order valence-corrected chi connectivity index (χ4v) is 2.58. The third kappa shape index (κ3) is 1.18. The average Bonchev–Trinajstić information content (AvgIpc) is 2.95. The molecule has 0 amide bonds. The topological polar surface area (TPSA) is 0 Å². The first-order valence-corrected chi connectivity index (χ1v) is 5.51. The van der Waals surface area contributed by atoms with Crippen LogP contribution in [0.15, 0.2) is 11.1 Å². The van der Waals surface area contributed by atoms with Crippen LogP contribution in [-0.2, 0) is 0 Å². The van der Waals surface area contributed by atoms with Gasteiger partial charge in [-0.15, -0.1) is 0 Å². The maximum Gasteiger partial charge on any atom is 0.106 e. The van der Waals surface area contributed by atoms with Gasteiger partial charge in [-0.25, -0.2) is 0 Å². The van der Waals surface area contributed by atoms with Gasteiger partial charge < -0.3 is 0 Å². The summed E-state index contributed by atoms with van der Waals surface area (Å²) in [5.41, 5.74) is 3.69. The van der Waals surface area contributed by atoms with Crippen molar-refractivity contribution >= 4 is 0 Å². The minimum Gasteiger partial charge on any atom is -0.0265 e.